The van der Waals surface area contributed by atoms with Crippen LogP contribution in [0.25, 0.3) is 0 Å². The molecule has 1 N–H and O–H groups in total. The van der Waals surface area contributed by atoms with Gasteiger partial charge in [0.15, 0.2) is 0 Å². The monoisotopic (exact) mass is 142 g/mol. The van der Waals surface area contributed by atoms with Crippen LogP contribution in [0.5, 0.6) is 0 Å². The molecule has 1 rings (SSSR count). The van der Waals surface area contributed by atoms with Crippen LogP contribution in [-0.2, 0) is 11.2 Å². The topological polar surface area (TPSA) is 50.4 Å². The SMILES string of the molecule is [2H]C([2H])(Cc1ccco1)C(=O)O. The lowest BCUT2D eigenvalue weighted by Gasteiger charge is -1.89. The molecule has 0 amide bonds. The minimum atomic E-state index is -2.25. The first kappa shape index (κ1) is 4.55. The van der Waals surface area contributed by atoms with Crippen LogP contribution >= 0.6 is 0 Å². The molecule has 0 fully saturated rings. The molecule has 1 heterocycles. The largest absolute Gasteiger partial charge is 0.481 e. The van der Waals surface area contributed by atoms with Crippen LogP contribution in [0.4, 0.5) is 0 Å². The van der Waals surface area contributed by atoms with E-state index in [-0.39, 0.29) is 6.42 Å². The molecule has 0 unspecified atom stereocenters. The lowest BCUT2D eigenvalue weighted by Crippen LogP contribution is -1.95. The molecular formula is C7H8O3. The Balaban J connectivity index is 2.69. The highest BCUT2D eigenvalue weighted by Gasteiger charge is 1.99. The average Bonchev–Trinajstić information content (AvgIpc) is 2.38. The van der Waals surface area contributed by atoms with Gasteiger partial charge in [0.2, 0.25) is 0 Å². The maximum Gasteiger partial charge on any atom is 0.303 e. The predicted molar refractivity (Wildman–Crippen MR) is 34.7 cm³/mol. The van der Waals surface area contributed by atoms with Crippen LogP contribution in [0, 0.1) is 0 Å². The van der Waals surface area contributed by atoms with Crippen molar-refractivity contribution in [1.82, 2.24) is 0 Å². The zero-order valence-corrected chi connectivity index (χ0v) is 5.20. The molecule has 0 atom stereocenters. The molecule has 0 aliphatic rings. The van der Waals surface area contributed by atoms with Crippen molar-refractivity contribution in [3.63, 3.8) is 0 Å². The van der Waals surface area contributed by atoms with Gasteiger partial charge in [0, 0.05) is 9.16 Å². The van der Waals surface area contributed by atoms with Gasteiger partial charge in [0.1, 0.15) is 5.76 Å². The van der Waals surface area contributed by atoms with Gasteiger partial charge in [0.25, 0.3) is 0 Å². The second-order valence-electron chi connectivity index (χ2n) is 1.74. The first-order valence-corrected chi connectivity index (χ1v) is 2.78. The quantitative estimate of drug-likeness (QED) is 0.691. The molecule has 3 nitrogen and oxygen atoms in total. The van der Waals surface area contributed by atoms with E-state index >= 15 is 0 Å². The lowest BCUT2D eigenvalue weighted by molar-refractivity contribution is -0.137. The summed E-state index contributed by atoms with van der Waals surface area (Å²) in [6, 6.07) is 3.13. The standard InChI is InChI=1S/C7H8O3/c8-7(9)4-3-6-2-1-5-10-6/h1-2,5H,3-4H2,(H,8,9)/i4D2. The highest BCUT2D eigenvalue weighted by atomic mass is 16.4. The molecular weight excluding hydrogens is 132 g/mol. The van der Waals surface area contributed by atoms with Gasteiger partial charge in [-0.1, -0.05) is 0 Å². The summed E-state index contributed by atoms with van der Waals surface area (Å²) in [5.41, 5.74) is 0. The first-order valence-electron chi connectivity index (χ1n) is 3.78. The number of carbonyl (C=O) groups is 1. The number of hydrogen-bond acceptors (Lipinski definition) is 2. The van der Waals surface area contributed by atoms with Gasteiger partial charge in [-0.05, 0) is 12.1 Å². The molecule has 1 aromatic heterocycles. The molecule has 0 radical (unpaired) electrons. The maximum absolute atomic E-state index is 10.3. The number of hydrogen-bond donors (Lipinski definition) is 1. The van der Waals surface area contributed by atoms with E-state index in [9.17, 15) is 4.79 Å². The summed E-state index contributed by atoms with van der Waals surface area (Å²) in [5, 5.41) is 8.42. The molecule has 10 heavy (non-hydrogen) atoms. The van der Waals surface area contributed by atoms with Crippen molar-refractivity contribution in [2.75, 3.05) is 0 Å². The van der Waals surface area contributed by atoms with Gasteiger partial charge in [-0.2, -0.15) is 0 Å². The fourth-order valence-electron chi connectivity index (χ4n) is 0.576. The first-order chi connectivity index (χ1) is 5.52. The third-order valence-electron chi connectivity index (χ3n) is 0.994. The molecule has 0 aliphatic carbocycles. The van der Waals surface area contributed by atoms with E-state index in [2.05, 4.69) is 0 Å². The van der Waals surface area contributed by atoms with Crippen molar-refractivity contribution in [3.05, 3.63) is 24.2 Å². The smallest absolute Gasteiger partial charge is 0.303 e. The van der Waals surface area contributed by atoms with Crippen LogP contribution in [-0.4, -0.2) is 11.1 Å². The van der Waals surface area contributed by atoms with Gasteiger partial charge in [-0.3, -0.25) is 4.79 Å². The molecule has 0 aromatic carbocycles. The Morgan fingerprint density at radius 1 is 1.90 bits per heavy atom. The third kappa shape index (κ3) is 1.93. The summed E-state index contributed by atoms with van der Waals surface area (Å²) in [5.74, 6) is -1.14. The predicted octanol–water partition coefficient (Wildman–Crippen LogP) is 1.30. The molecule has 3 heteroatoms. The fourth-order valence-corrected chi connectivity index (χ4v) is 0.576. The Labute approximate surface area is 61.1 Å². The summed E-state index contributed by atoms with van der Waals surface area (Å²) in [7, 11) is 0. The summed E-state index contributed by atoms with van der Waals surface area (Å²) < 4.78 is 18.9. The molecule has 0 spiro atoms. The number of aliphatic carboxylic acids is 1. The highest BCUT2D eigenvalue weighted by molar-refractivity contribution is 5.66. The minimum absolute atomic E-state index is 0.241. The van der Waals surface area contributed by atoms with E-state index in [1.807, 2.05) is 0 Å². The zero-order valence-electron chi connectivity index (χ0n) is 7.20. The van der Waals surface area contributed by atoms with E-state index in [1.54, 1.807) is 12.1 Å². The Morgan fingerprint density at radius 3 is 3.20 bits per heavy atom. The van der Waals surface area contributed by atoms with Crippen LogP contribution in [0.3, 0.4) is 0 Å². The number of rotatable bonds is 3. The number of carboxylic acid groups (broad SMARTS) is 1. The lowest BCUT2D eigenvalue weighted by atomic mass is 10.2. The van der Waals surface area contributed by atoms with Gasteiger partial charge in [0.05, 0.1) is 12.6 Å². The Hall–Kier alpha value is -1.25. The number of aryl methyl sites for hydroxylation is 1. The fraction of sp³-hybridized carbons (Fsp3) is 0.286. The van der Waals surface area contributed by atoms with Gasteiger partial charge in [-0.15, -0.1) is 0 Å². The van der Waals surface area contributed by atoms with E-state index in [0.717, 1.165) is 0 Å². The van der Waals surface area contributed by atoms with E-state index < -0.39 is 12.3 Å². The van der Waals surface area contributed by atoms with Crippen molar-refractivity contribution in [1.29, 1.82) is 0 Å². The Bertz CT molecular complexity index is 266. The molecule has 0 saturated heterocycles. The van der Waals surface area contributed by atoms with Crippen molar-refractivity contribution >= 4 is 5.97 Å². The van der Waals surface area contributed by atoms with Crippen LogP contribution in [0.15, 0.2) is 22.8 Å². The Morgan fingerprint density at radius 2 is 2.70 bits per heavy atom. The van der Waals surface area contributed by atoms with Crippen molar-refractivity contribution < 1.29 is 17.1 Å². The van der Waals surface area contributed by atoms with Crippen molar-refractivity contribution in [3.8, 4) is 0 Å². The normalized spacial score (nSPS) is 14.0. The third-order valence-corrected chi connectivity index (χ3v) is 0.994. The number of furan rings is 1. The van der Waals surface area contributed by atoms with Crippen molar-refractivity contribution in [2.45, 2.75) is 12.8 Å². The zero-order chi connectivity index (χ0) is 9.19. The summed E-state index contributed by atoms with van der Waals surface area (Å²) in [6.45, 7) is 0. The molecule has 0 saturated carbocycles. The van der Waals surface area contributed by atoms with Gasteiger partial charge >= 0.3 is 5.97 Å². The molecule has 0 bridgehead atoms. The molecule has 1 aromatic rings. The van der Waals surface area contributed by atoms with Crippen LogP contribution < -0.4 is 0 Å². The second kappa shape index (κ2) is 3.06. The van der Waals surface area contributed by atoms with Gasteiger partial charge < -0.3 is 9.52 Å². The summed E-state index contributed by atoms with van der Waals surface area (Å²) >= 11 is 0. The Kier molecular flexibility index (Phi) is 1.39. The van der Waals surface area contributed by atoms with Crippen LogP contribution in [0.2, 0.25) is 0 Å². The minimum Gasteiger partial charge on any atom is -0.481 e. The van der Waals surface area contributed by atoms with E-state index in [0.29, 0.717) is 5.76 Å². The summed E-state index contributed by atoms with van der Waals surface area (Å²) in [6.07, 6.45) is -1.11. The van der Waals surface area contributed by atoms with Crippen LogP contribution in [0.1, 0.15) is 14.9 Å². The highest BCUT2D eigenvalue weighted by Crippen LogP contribution is 2.02. The van der Waals surface area contributed by atoms with Crippen molar-refractivity contribution in [2.24, 2.45) is 0 Å². The second-order valence-corrected chi connectivity index (χ2v) is 1.74. The summed E-state index contributed by atoms with van der Waals surface area (Å²) in [4.78, 5) is 10.3. The van der Waals surface area contributed by atoms with Gasteiger partial charge in [-0.25, -0.2) is 0 Å². The molecule has 54 valence electrons. The average molecular weight is 142 g/mol. The number of carboxylic acids is 1. The van der Waals surface area contributed by atoms with E-state index in [4.69, 9.17) is 12.3 Å². The maximum atomic E-state index is 10.3. The van der Waals surface area contributed by atoms with E-state index in [1.165, 1.54) is 6.26 Å². The molecule has 0 aliphatic heterocycles.